The van der Waals surface area contributed by atoms with E-state index in [1.54, 1.807) is 18.7 Å². The first-order valence-electron chi connectivity index (χ1n) is 11.5. The number of piperidine rings is 1. The van der Waals surface area contributed by atoms with Gasteiger partial charge in [0.15, 0.2) is 0 Å². The van der Waals surface area contributed by atoms with Crippen LogP contribution in [-0.4, -0.2) is 37.1 Å². The predicted octanol–water partition coefficient (Wildman–Crippen LogP) is 5.71. The van der Waals surface area contributed by atoms with Crippen LogP contribution >= 0.6 is 0 Å². The average Bonchev–Trinajstić information content (AvgIpc) is 3.56. The fourth-order valence-electron chi connectivity index (χ4n) is 4.65. The largest absolute Gasteiger partial charge is 0.416 e. The van der Waals surface area contributed by atoms with Gasteiger partial charge in [-0.2, -0.15) is 18.3 Å². The van der Waals surface area contributed by atoms with Crippen molar-refractivity contribution >= 4 is 5.91 Å². The molecule has 9 heteroatoms. The molecular weight excluding hydrogens is 455 g/mol. The second-order valence-corrected chi connectivity index (χ2v) is 8.72. The Labute approximate surface area is 200 Å². The highest BCUT2D eigenvalue weighted by Crippen LogP contribution is 2.37. The van der Waals surface area contributed by atoms with E-state index in [2.05, 4.69) is 15.2 Å². The highest BCUT2D eigenvalue weighted by molar-refractivity contribution is 5.95. The van der Waals surface area contributed by atoms with Gasteiger partial charge in [-0.1, -0.05) is 24.3 Å². The van der Waals surface area contributed by atoms with Gasteiger partial charge in [-0.25, -0.2) is 4.98 Å². The summed E-state index contributed by atoms with van der Waals surface area (Å²) in [5.74, 6) is -0.0739. The summed E-state index contributed by atoms with van der Waals surface area (Å²) in [6, 6.07) is 12.4. The van der Waals surface area contributed by atoms with Crippen molar-refractivity contribution in [3.05, 3.63) is 95.8 Å². The molecule has 0 aliphatic carbocycles. The third-order valence-electron chi connectivity index (χ3n) is 6.39. The first-order valence-corrected chi connectivity index (χ1v) is 11.5. The predicted molar refractivity (Wildman–Crippen MR) is 124 cm³/mol. The zero-order valence-electron chi connectivity index (χ0n) is 18.9. The van der Waals surface area contributed by atoms with Gasteiger partial charge >= 0.3 is 6.18 Å². The standard InChI is InChI=1S/C26H24F3N5O/c27-26(28,29)21-9-7-19(8-10-21)22-15-31-32-24(22)23-6-1-2-12-34(23)25(35)20-5-3-4-18(14-20)16-33-13-11-30-17-33/h3-5,7-11,13-15,17,23H,1-2,6,12,16H2,(H,31,32)/t23-/m0/s1. The van der Waals surface area contributed by atoms with Gasteiger partial charge in [-0.3, -0.25) is 9.89 Å². The quantitative estimate of drug-likeness (QED) is 0.399. The van der Waals surface area contributed by atoms with Crippen LogP contribution in [0.5, 0.6) is 0 Å². The van der Waals surface area contributed by atoms with Crippen LogP contribution in [0.25, 0.3) is 11.1 Å². The summed E-state index contributed by atoms with van der Waals surface area (Å²) in [6.07, 6.45) is 5.12. The van der Waals surface area contributed by atoms with Crippen LogP contribution in [0.1, 0.15) is 52.5 Å². The molecule has 0 unspecified atom stereocenters. The van der Waals surface area contributed by atoms with Gasteiger partial charge in [0, 0.05) is 36.6 Å². The summed E-state index contributed by atoms with van der Waals surface area (Å²) in [5.41, 5.74) is 2.97. The van der Waals surface area contributed by atoms with E-state index in [0.29, 0.717) is 29.8 Å². The Morgan fingerprint density at radius 2 is 1.94 bits per heavy atom. The normalized spacial score (nSPS) is 16.4. The minimum absolute atomic E-state index is 0.0739. The molecule has 2 aromatic carbocycles. The van der Waals surface area contributed by atoms with Crippen LogP contribution in [0.4, 0.5) is 13.2 Å². The molecule has 1 saturated heterocycles. The first-order chi connectivity index (χ1) is 16.9. The zero-order valence-corrected chi connectivity index (χ0v) is 18.9. The van der Waals surface area contributed by atoms with E-state index in [0.717, 1.165) is 42.7 Å². The Morgan fingerprint density at radius 1 is 1.11 bits per heavy atom. The lowest BCUT2D eigenvalue weighted by Crippen LogP contribution is -2.39. The molecule has 6 nitrogen and oxygen atoms in total. The molecule has 2 aromatic heterocycles. The minimum Gasteiger partial charge on any atom is -0.333 e. The Hall–Kier alpha value is -3.88. The van der Waals surface area contributed by atoms with Crippen molar-refractivity contribution in [1.29, 1.82) is 0 Å². The number of aromatic nitrogens is 4. The number of hydrogen-bond donors (Lipinski definition) is 1. The van der Waals surface area contributed by atoms with E-state index in [-0.39, 0.29) is 11.9 Å². The van der Waals surface area contributed by atoms with Crippen LogP contribution in [0.2, 0.25) is 0 Å². The Balaban J connectivity index is 1.41. The van der Waals surface area contributed by atoms with Gasteiger partial charge in [0.25, 0.3) is 5.91 Å². The molecular formula is C26H24F3N5O. The van der Waals surface area contributed by atoms with Gasteiger partial charge < -0.3 is 9.47 Å². The number of benzene rings is 2. The maximum atomic E-state index is 13.6. The van der Waals surface area contributed by atoms with Crippen molar-refractivity contribution in [1.82, 2.24) is 24.6 Å². The Bertz CT molecular complexity index is 1300. The molecule has 0 radical (unpaired) electrons. The molecule has 1 atom stereocenters. The monoisotopic (exact) mass is 479 g/mol. The van der Waals surface area contributed by atoms with Crippen molar-refractivity contribution in [2.24, 2.45) is 0 Å². The summed E-state index contributed by atoms with van der Waals surface area (Å²) in [6.45, 7) is 1.21. The number of imidazole rings is 1. The van der Waals surface area contributed by atoms with Crippen LogP contribution in [0, 0.1) is 0 Å². The Morgan fingerprint density at radius 3 is 2.69 bits per heavy atom. The van der Waals surface area contributed by atoms with Crippen molar-refractivity contribution in [3.63, 3.8) is 0 Å². The number of halogens is 3. The van der Waals surface area contributed by atoms with Crippen molar-refractivity contribution in [3.8, 4) is 11.1 Å². The maximum Gasteiger partial charge on any atom is 0.416 e. The molecule has 180 valence electrons. The molecule has 0 bridgehead atoms. The van der Waals surface area contributed by atoms with E-state index in [9.17, 15) is 18.0 Å². The fraction of sp³-hybridized carbons (Fsp3) is 0.269. The molecule has 1 N–H and O–H groups in total. The number of rotatable bonds is 5. The van der Waals surface area contributed by atoms with Crippen molar-refractivity contribution in [2.75, 3.05) is 6.54 Å². The lowest BCUT2D eigenvalue weighted by Gasteiger charge is -2.36. The van der Waals surface area contributed by atoms with Crippen LogP contribution in [0.3, 0.4) is 0 Å². The number of aromatic amines is 1. The third kappa shape index (κ3) is 4.84. The SMILES string of the molecule is O=C(c1cccc(Cn2ccnc2)c1)N1CCCC[C@H]1c1[nH]ncc1-c1ccc(C(F)(F)F)cc1. The fourth-order valence-corrected chi connectivity index (χ4v) is 4.65. The van der Waals surface area contributed by atoms with Crippen LogP contribution in [-0.2, 0) is 12.7 Å². The van der Waals surface area contributed by atoms with Crippen molar-refractivity contribution < 1.29 is 18.0 Å². The summed E-state index contributed by atoms with van der Waals surface area (Å²) >= 11 is 0. The smallest absolute Gasteiger partial charge is 0.333 e. The van der Waals surface area contributed by atoms with Crippen molar-refractivity contribution in [2.45, 2.75) is 38.0 Å². The summed E-state index contributed by atoms with van der Waals surface area (Å²) < 4.78 is 40.9. The summed E-state index contributed by atoms with van der Waals surface area (Å²) in [7, 11) is 0. The van der Waals surface area contributed by atoms with E-state index >= 15 is 0 Å². The molecule has 1 aliphatic heterocycles. The lowest BCUT2D eigenvalue weighted by molar-refractivity contribution is -0.137. The first kappa shape index (κ1) is 22.9. The highest BCUT2D eigenvalue weighted by Gasteiger charge is 2.33. The van der Waals surface area contributed by atoms with E-state index in [4.69, 9.17) is 0 Å². The minimum atomic E-state index is -4.39. The number of H-pyrrole nitrogens is 1. The number of likely N-dealkylation sites (tertiary alicyclic amines) is 1. The van der Waals surface area contributed by atoms with Crippen LogP contribution in [0.15, 0.2) is 73.4 Å². The number of nitrogens with zero attached hydrogens (tertiary/aromatic N) is 4. The highest BCUT2D eigenvalue weighted by atomic mass is 19.4. The zero-order chi connectivity index (χ0) is 24.4. The second kappa shape index (κ2) is 9.40. The average molecular weight is 480 g/mol. The number of nitrogens with one attached hydrogen (secondary N) is 1. The van der Waals surface area contributed by atoms with Gasteiger partial charge in [-0.15, -0.1) is 0 Å². The number of hydrogen-bond acceptors (Lipinski definition) is 3. The molecule has 0 saturated carbocycles. The van der Waals surface area contributed by atoms with E-state index < -0.39 is 11.7 Å². The number of carbonyl (C=O) groups excluding carboxylic acids is 1. The molecule has 1 fully saturated rings. The molecule has 0 spiro atoms. The lowest BCUT2D eigenvalue weighted by atomic mass is 9.93. The third-order valence-corrected chi connectivity index (χ3v) is 6.39. The number of alkyl halides is 3. The molecule has 5 rings (SSSR count). The molecule has 4 aromatic rings. The summed E-state index contributed by atoms with van der Waals surface area (Å²) in [4.78, 5) is 19.5. The number of carbonyl (C=O) groups is 1. The number of amides is 1. The Kier molecular flexibility index (Phi) is 6.15. The van der Waals surface area contributed by atoms with Gasteiger partial charge in [0.1, 0.15) is 0 Å². The van der Waals surface area contributed by atoms with Gasteiger partial charge in [0.05, 0.1) is 29.8 Å². The summed E-state index contributed by atoms with van der Waals surface area (Å²) in [5, 5.41) is 7.19. The maximum absolute atomic E-state index is 13.6. The molecule has 35 heavy (non-hydrogen) atoms. The molecule has 1 aliphatic rings. The molecule has 3 heterocycles. The topological polar surface area (TPSA) is 66.8 Å². The van der Waals surface area contributed by atoms with E-state index in [1.807, 2.05) is 39.9 Å². The van der Waals surface area contributed by atoms with Crippen LogP contribution < -0.4 is 0 Å². The van der Waals surface area contributed by atoms with Gasteiger partial charge in [-0.05, 0) is 54.7 Å². The molecule has 1 amide bonds. The second-order valence-electron chi connectivity index (χ2n) is 8.72. The van der Waals surface area contributed by atoms with Gasteiger partial charge in [0.2, 0.25) is 0 Å². The van der Waals surface area contributed by atoms with E-state index in [1.165, 1.54) is 12.1 Å².